The van der Waals surface area contributed by atoms with Gasteiger partial charge < -0.3 is 4.74 Å². The lowest BCUT2D eigenvalue weighted by Crippen LogP contribution is -2.32. The maximum absolute atomic E-state index is 13.2. The summed E-state index contributed by atoms with van der Waals surface area (Å²) in [5.41, 5.74) is 1.50. The molecule has 160 valence electrons. The van der Waals surface area contributed by atoms with Crippen molar-refractivity contribution in [1.82, 2.24) is 0 Å². The van der Waals surface area contributed by atoms with Gasteiger partial charge in [0, 0.05) is 24.9 Å². The summed E-state index contributed by atoms with van der Waals surface area (Å²) < 4.78 is 6.03. The molecule has 0 bridgehead atoms. The van der Waals surface area contributed by atoms with Crippen LogP contribution in [0.3, 0.4) is 0 Å². The molecule has 1 aliphatic heterocycles. The van der Waals surface area contributed by atoms with E-state index in [2.05, 4.69) is 0 Å². The summed E-state index contributed by atoms with van der Waals surface area (Å²) in [5, 5.41) is 1.52. The van der Waals surface area contributed by atoms with Gasteiger partial charge in [-0.1, -0.05) is 70.8 Å². The summed E-state index contributed by atoms with van der Waals surface area (Å²) >= 11 is 21.4. The highest BCUT2D eigenvalue weighted by atomic mass is 35.5. The molecule has 0 aliphatic carbocycles. The number of rotatable bonds is 3. The number of anilines is 2. The number of hydrogen-bond acceptors (Lipinski definition) is 5. The van der Waals surface area contributed by atoms with Crippen molar-refractivity contribution < 1.29 is 14.3 Å². The van der Waals surface area contributed by atoms with Crippen LogP contribution >= 0.6 is 57.9 Å². The van der Waals surface area contributed by atoms with Crippen LogP contribution in [0, 0.1) is 0 Å². The van der Waals surface area contributed by atoms with Gasteiger partial charge in [0.2, 0.25) is 0 Å². The van der Waals surface area contributed by atoms with E-state index in [4.69, 9.17) is 39.5 Å². The number of halogens is 3. The molecule has 0 radical (unpaired) electrons. The Morgan fingerprint density at radius 3 is 2.19 bits per heavy atom. The molecule has 4 nitrogen and oxygen atoms in total. The number of para-hydroxylation sites is 2. The Bertz CT molecular complexity index is 1360. The number of hydrogen-bond donors (Lipinski definition) is 0. The zero-order valence-corrected chi connectivity index (χ0v) is 20.0. The molecular formula is C23H12Cl3NO3S2. The second-order valence-corrected chi connectivity index (χ2v) is 10.2. The number of benzene rings is 3. The molecule has 5 rings (SSSR count). The number of nitrogens with zero attached hydrogens (tertiary/aromatic N) is 1. The highest BCUT2D eigenvalue weighted by molar-refractivity contribution is 7.99. The molecule has 3 aromatic carbocycles. The number of carbonyl (C=O) groups excluding carboxylic acids is 2. The minimum atomic E-state index is -0.690. The Kier molecular flexibility index (Phi) is 5.82. The summed E-state index contributed by atoms with van der Waals surface area (Å²) in [6.07, 6.45) is 0. The molecule has 1 amide bonds. The van der Waals surface area contributed by atoms with Crippen molar-refractivity contribution in [3.05, 3.63) is 80.6 Å². The Labute approximate surface area is 206 Å². The van der Waals surface area contributed by atoms with Crippen molar-refractivity contribution in [2.24, 2.45) is 0 Å². The average Bonchev–Trinajstić information content (AvgIpc) is 3.11. The van der Waals surface area contributed by atoms with E-state index in [1.165, 1.54) is 0 Å². The van der Waals surface area contributed by atoms with Gasteiger partial charge in [0.25, 0.3) is 5.91 Å². The van der Waals surface area contributed by atoms with Crippen LogP contribution in [0.1, 0.15) is 9.67 Å². The Morgan fingerprint density at radius 2 is 1.53 bits per heavy atom. The van der Waals surface area contributed by atoms with Crippen LogP contribution < -0.4 is 4.90 Å². The van der Waals surface area contributed by atoms with Crippen molar-refractivity contribution in [1.29, 1.82) is 0 Å². The third kappa shape index (κ3) is 3.76. The number of fused-ring (bicyclic) bond motifs is 3. The summed E-state index contributed by atoms with van der Waals surface area (Å²) in [6.45, 7) is -0.439. The Hall–Kier alpha value is -2.22. The molecule has 2 heterocycles. The van der Waals surface area contributed by atoms with Crippen LogP contribution in [-0.4, -0.2) is 18.5 Å². The number of esters is 1. The van der Waals surface area contributed by atoms with Gasteiger partial charge >= 0.3 is 5.97 Å². The lowest BCUT2D eigenvalue weighted by atomic mass is 10.2. The highest BCUT2D eigenvalue weighted by Gasteiger charge is 2.29. The van der Waals surface area contributed by atoms with Crippen molar-refractivity contribution in [2.75, 3.05) is 11.5 Å². The molecule has 0 unspecified atom stereocenters. The highest BCUT2D eigenvalue weighted by Crippen LogP contribution is 2.48. The number of carbonyl (C=O) groups is 2. The standard InChI is InChI=1S/C23H12Cl3NO3S2/c24-12-9-13(25)20-18(10-12)32-22(21(20)26)23(29)30-11-19(28)27-14-5-1-3-7-16(14)31-17-8-4-2-6-15(17)27/h1-10H,11H2. The van der Waals surface area contributed by atoms with Crippen LogP contribution in [0.25, 0.3) is 10.1 Å². The van der Waals surface area contributed by atoms with Crippen molar-refractivity contribution in [3.8, 4) is 0 Å². The van der Waals surface area contributed by atoms with E-state index >= 15 is 0 Å². The first-order chi connectivity index (χ1) is 15.4. The number of thiophene rings is 1. The molecule has 32 heavy (non-hydrogen) atoms. The molecule has 0 fully saturated rings. The molecular weight excluding hydrogens is 509 g/mol. The summed E-state index contributed by atoms with van der Waals surface area (Å²) in [4.78, 5) is 29.6. The van der Waals surface area contributed by atoms with Gasteiger partial charge in [-0.2, -0.15) is 0 Å². The molecule has 0 N–H and O–H groups in total. The molecule has 0 saturated carbocycles. The van der Waals surface area contributed by atoms with Crippen molar-refractivity contribution >= 4 is 91.2 Å². The minimum absolute atomic E-state index is 0.175. The average molecular weight is 521 g/mol. The monoisotopic (exact) mass is 519 g/mol. The lowest BCUT2D eigenvalue weighted by Gasteiger charge is -2.30. The summed E-state index contributed by atoms with van der Waals surface area (Å²) in [6, 6.07) is 18.5. The van der Waals surface area contributed by atoms with Gasteiger partial charge in [-0.15, -0.1) is 11.3 Å². The maximum Gasteiger partial charge on any atom is 0.350 e. The van der Waals surface area contributed by atoms with Gasteiger partial charge in [-0.05, 0) is 36.4 Å². The molecule has 0 spiro atoms. The SMILES string of the molecule is O=C(OCC(=O)N1c2ccccc2Sc2ccccc21)c1sc2cc(Cl)cc(Cl)c2c1Cl. The zero-order valence-electron chi connectivity index (χ0n) is 16.1. The first-order valence-electron chi connectivity index (χ1n) is 9.37. The zero-order chi connectivity index (χ0) is 22.4. The molecule has 0 atom stereocenters. The number of amides is 1. The molecule has 9 heteroatoms. The van der Waals surface area contributed by atoms with Crippen LogP contribution in [-0.2, 0) is 9.53 Å². The maximum atomic E-state index is 13.2. The third-order valence-corrected chi connectivity index (χ3v) is 8.10. The predicted octanol–water partition coefficient (Wildman–Crippen LogP) is 7.85. The van der Waals surface area contributed by atoms with Gasteiger partial charge in [0.1, 0.15) is 4.88 Å². The van der Waals surface area contributed by atoms with Crippen LogP contribution in [0.15, 0.2) is 70.5 Å². The van der Waals surface area contributed by atoms with E-state index in [1.54, 1.807) is 28.8 Å². The van der Waals surface area contributed by atoms with Crippen molar-refractivity contribution in [3.63, 3.8) is 0 Å². The smallest absolute Gasteiger partial charge is 0.350 e. The van der Waals surface area contributed by atoms with Crippen molar-refractivity contribution in [2.45, 2.75) is 9.79 Å². The topological polar surface area (TPSA) is 46.6 Å². The van der Waals surface area contributed by atoms with E-state index < -0.39 is 12.6 Å². The lowest BCUT2D eigenvalue weighted by molar-refractivity contribution is -0.121. The molecule has 1 aliphatic rings. The van der Waals surface area contributed by atoms with Crippen LogP contribution in [0.2, 0.25) is 15.1 Å². The largest absolute Gasteiger partial charge is 0.451 e. The first-order valence-corrected chi connectivity index (χ1v) is 12.1. The molecule has 0 saturated heterocycles. The minimum Gasteiger partial charge on any atom is -0.451 e. The van der Waals surface area contributed by atoms with E-state index in [-0.39, 0.29) is 15.8 Å². The molecule has 4 aromatic rings. The first kappa shape index (κ1) is 21.6. The second-order valence-electron chi connectivity index (χ2n) is 6.85. The second kappa shape index (κ2) is 8.61. The quantitative estimate of drug-likeness (QED) is 0.258. The predicted molar refractivity (Wildman–Crippen MR) is 131 cm³/mol. The van der Waals surface area contributed by atoms with Gasteiger partial charge in [-0.3, -0.25) is 9.69 Å². The Morgan fingerprint density at radius 1 is 0.906 bits per heavy atom. The van der Waals surface area contributed by atoms with Gasteiger partial charge in [0.05, 0.1) is 21.4 Å². The van der Waals surface area contributed by atoms with Crippen LogP contribution in [0.5, 0.6) is 0 Å². The fraction of sp³-hybridized carbons (Fsp3) is 0.0435. The third-order valence-electron chi connectivity index (χ3n) is 4.84. The number of ether oxygens (including phenoxy) is 1. The van der Waals surface area contributed by atoms with Gasteiger partial charge in [-0.25, -0.2) is 4.79 Å². The van der Waals surface area contributed by atoms with E-state index in [0.29, 0.717) is 20.1 Å². The van der Waals surface area contributed by atoms with E-state index in [9.17, 15) is 9.59 Å². The fourth-order valence-corrected chi connectivity index (χ4v) is 6.80. The molecule has 1 aromatic heterocycles. The van der Waals surface area contributed by atoms with E-state index in [0.717, 1.165) is 32.5 Å². The normalized spacial score (nSPS) is 12.4. The van der Waals surface area contributed by atoms with Crippen LogP contribution in [0.4, 0.5) is 11.4 Å². The summed E-state index contributed by atoms with van der Waals surface area (Å²) in [7, 11) is 0. The van der Waals surface area contributed by atoms with Gasteiger partial charge in [0.15, 0.2) is 6.61 Å². The Balaban J connectivity index is 1.41. The fourth-order valence-electron chi connectivity index (χ4n) is 3.47. The summed E-state index contributed by atoms with van der Waals surface area (Å²) in [5.74, 6) is -1.05. The van der Waals surface area contributed by atoms with E-state index in [1.807, 2.05) is 48.5 Å².